The van der Waals surface area contributed by atoms with Gasteiger partial charge in [0.25, 0.3) is 5.91 Å². The Morgan fingerprint density at radius 3 is 2.26 bits per heavy atom. The first-order valence-electron chi connectivity index (χ1n) is 13.1. The molecule has 0 saturated carbocycles. The van der Waals surface area contributed by atoms with Crippen LogP contribution in [0.3, 0.4) is 0 Å². The minimum atomic E-state index is -1.34. The summed E-state index contributed by atoms with van der Waals surface area (Å²) in [5.74, 6) is -0.761. The van der Waals surface area contributed by atoms with Gasteiger partial charge in [-0.25, -0.2) is 4.79 Å². The van der Waals surface area contributed by atoms with Crippen molar-refractivity contribution in [1.29, 1.82) is 0 Å². The molecule has 0 heterocycles. The quantitative estimate of drug-likeness (QED) is 0.0846. The molecule has 5 rings (SSSR count). The summed E-state index contributed by atoms with van der Waals surface area (Å²) in [4.78, 5) is 34.8. The number of benzene rings is 4. The number of nitrogens with zero attached hydrogens (tertiary/aromatic N) is 4. The van der Waals surface area contributed by atoms with E-state index in [0.717, 1.165) is 26.5 Å². The van der Waals surface area contributed by atoms with E-state index in [1.807, 2.05) is 72.8 Å². The number of halogens is 1. The highest BCUT2D eigenvalue weighted by Crippen LogP contribution is 2.41. The zero-order valence-electron chi connectivity index (χ0n) is 23.0. The van der Waals surface area contributed by atoms with E-state index in [2.05, 4.69) is 10.0 Å². The van der Waals surface area contributed by atoms with Gasteiger partial charge in [-0.05, 0) is 64.7 Å². The van der Waals surface area contributed by atoms with Gasteiger partial charge in [-0.15, -0.1) is 0 Å². The second-order valence-electron chi connectivity index (χ2n) is 9.75. The fourth-order valence-electron chi connectivity index (χ4n) is 5.33. The van der Waals surface area contributed by atoms with Gasteiger partial charge >= 0.3 is 5.97 Å². The normalized spacial score (nSPS) is 13.0. The average molecular weight is 599 g/mol. The van der Waals surface area contributed by atoms with Gasteiger partial charge in [0, 0.05) is 39.1 Å². The van der Waals surface area contributed by atoms with Crippen molar-refractivity contribution in [2.45, 2.75) is 34.7 Å². The van der Waals surface area contributed by atoms with Crippen molar-refractivity contribution in [1.82, 2.24) is 4.90 Å². The van der Waals surface area contributed by atoms with Crippen LogP contribution in [-0.4, -0.2) is 36.5 Å². The van der Waals surface area contributed by atoms with Crippen LogP contribution < -0.4 is 4.74 Å². The van der Waals surface area contributed by atoms with Crippen molar-refractivity contribution in [2.24, 2.45) is 5.11 Å². The van der Waals surface area contributed by atoms with Crippen LogP contribution in [0.4, 0.5) is 5.69 Å². The van der Waals surface area contributed by atoms with E-state index in [4.69, 9.17) is 21.1 Å². The standard InChI is InChI=1S/C32H27ClN4O4S/c1-40-27-12-7-11-26(29(27)35-36-34)30(38)37(32(31(39)41-2)18-21-8-3-4-9-22(21)19-32)20-23-10-5-6-13-28(23)42-25-16-14-24(33)15-17-25/h3-17H,18-20H2,1-2H3. The van der Waals surface area contributed by atoms with Gasteiger partial charge in [-0.3, -0.25) is 4.79 Å². The molecule has 1 aliphatic carbocycles. The van der Waals surface area contributed by atoms with Crippen LogP contribution in [-0.2, 0) is 28.9 Å². The highest BCUT2D eigenvalue weighted by Gasteiger charge is 2.52. The highest BCUT2D eigenvalue weighted by molar-refractivity contribution is 7.99. The van der Waals surface area contributed by atoms with Gasteiger partial charge in [0.1, 0.15) is 11.3 Å². The maximum atomic E-state index is 14.6. The number of ether oxygens (including phenoxy) is 2. The van der Waals surface area contributed by atoms with Gasteiger partial charge in [0.05, 0.1) is 25.5 Å². The van der Waals surface area contributed by atoms with Gasteiger partial charge < -0.3 is 14.4 Å². The molecular weight excluding hydrogens is 572 g/mol. The van der Waals surface area contributed by atoms with Crippen molar-refractivity contribution in [3.63, 3.8) is 0 Å². The Labute approximate surface area is 252 Å². The zero-order valence-corrected chi connectivity index (χ0v) is 24.6. The smallest absolute Gasteiger partial charge is 0.332 e. The van der Waals surface area contributed by atoms with Crippen molar-refractivity contribution in [3.8, 4) is 5.75 Å². The number of methoxy groups -OCH3 is 2. The number of hydrogen-bond donors (Lipinski definition) is 0. The van der Waals surface area contributed by atoms with Crippen LogP contribution in [0.2, 0.25) is 5.02 Å². The molecular formula is C32H27ClN4O4S. The summed E-state index contributed by atoms with van der Waals surface area (Å²) >= 11 is 7.63. The number of esters is 1. The third-order valence-electron chi connectivity index (χ3n) is 7.35. The Hall–Kier alpha value is -4.43. The summed E-state index contributed by atoms with van der Waals surface area (Å²) in [7, 11) is 2.77. The SMILES string of the molecule is COC(=O)C1(N(Cc2ccccc2Sc2ccc(Cl)cc2)C(=O)c2cccc(OC)c2N=[N+]=[N-])Cc2ccccc2C1. The van der Waals surface area contributed by atoms with Crippen LogP contribution >= 0.6 is 23.4 Å². The predicted molar refractivity (Wildman–Crippen MR) is 162 cm³/mol. The van der Waals surface area contributed by atoms with Crippen LogP contribution in [0, 0.1) is 0 Å². The Morgan fingerprint density at radius 1 is 0.952 bits per heavy atom. The molecule has 10 heteroatoms. The molecule has 0 aromatic heterocycles. The zero-order chi connectivity index (χ0) is 29.7. The molecule has 0 radical (unpaired) electrons. The summed E-state index contributed by atoms with van der Waals surface area (Å²) in [6.07, 6.45) is 0.545. The molecule has 0 spiro atoms. The topological polar surface area (TPSA) is 105 Å². The molecule has 0 saturated heterocycles. The first-order valence-corrected chi connectivity index (χ1v) is 14.3. The molecule has 0 unspecified atom stereocenters. The molecule has 0 bridgehead atoms. The Bertz CT molecular complexity index is 1660. The molecule has 4 aromatic rings. The largest absolute Gasteiger partial charge is 0.496 e. The average Bonchev–Trinajstić information content (AvgIpc) is 3.42. The number of hydrogen-bond acceptors (Lipinski definition) is 6. The molecule has 1 aliphatic rings. The fraction of sp³-hybridized carbons (Fsp3) is 0.188. The number of azide groups is 1. The molecule has 0 fully saturated rings. The van der Waals surface area contributed by atoms with E-state index >= 15 is 0 Å². The Kier molecular flexibility index (Phi) is 8.73. The molecule has 1 amide bonds. The first-order chi connectivity index (χ1) is 20.4. The van der Waals surface area contributed by atoms with Crippen molar-refractivity contribution < 1.29 is 19.1 Å². The van der Waals surface area contributed by atoms with Crippen LogP contribution in [0.1, 0.15) is 27.0 Å². The lowest BCUT2D eigenvalue weighted by Crippen LogP contribution is -2.58. The minimum Gasteiger partial charge on any atom is -0.496 e. The highest BCUT2D eigenvalue weighted by atomic mass is 35.5. The van der Waals surface area contributed by atoms with Gasteiger partial charge in [-0.1, -0.05) is 77.0 Å². The van der Waals surface area contributed by atoms with Gasteiger partial charge in [-0.2, -0.15) is 0 Å². The summed E-state index contributed by atoms with van der Waals surface area (Å²) in [6, 6.07) is 27.8. The summed E-state index contributed by atoms with van der Waals surface area (Å²) in [5.41, 5.74) is 10.9. The molecule has 0 aliphatic heterocycles. The minimum absolute atomic E-state index is 0.0526. The van der Waals surface area contributed by atoms with Crippen LogP contribution in [0.5, 0.6) is 5.75 Å². The number of carbonyl (C=O) groups is 2. The van der Waals surface area contributed by atoms with Crippen molar-refractivity contribution >= 4 is 40.9 Å². The third-order valence-corrected chi connectivity index (χ3v) is 8.73. The molecule has 0 N–H and O–H groups in total. The van der Waals surface area contributed by atoms with E-state index in [0.29, 0.717) is 5.02 Å². The molecule has 212 valence electrons. The fourth-order valence-corrected chi connectivity index (χ4v) is 6.40. The molecule has 4 aromatic carbocycles. The lowest BCUT2D eigenvalue weighted by atomic mass is 9.91. The van der Waals surface area contributed by atoms with Crippen molar-refractivity contribution in [3.05, 3.63) is 129 Å². The number of amides is 1. The maximum absolute atomic E-state index is 14.6. The van der Waals surface area contributed by atoms with E-state index < -0.39 is 17.4 Å². The second kappa shape index (κ2) is 12.6. The van der Waals surface area contributed by atoms with E-state index in [1.165, 1.54) is 26.0 Å². The predicted octanol–water partition coefficient (Wildman–Crippen LogP) is 7.79. The molecule has 42 heavy (non-hydrogen) atoms. The van der Waals surface area contributed by atoms with Gasteiger partial charge in [0.2, 0.25) is 0 Å². The van der Waals surface area contributed by atoms with E-state index in [9.17, 15) is 15.1 Å². The third kappa shape index (κ3) is 5.67. The Balaban J connectivity index is 1.65. The van der Waals surface area contributed by atoms with Crippen molar-refractivity contribution in [2.75, 3.05) is 14.2 Å². The van der Waals surface area contributed by atoms with E-state index in [1.54, 1.807) is 23.1 Å². The number of carbonyl (C=O) groups excluding carboxylic acids is 2. The lowest BCUT2D eigenvalue weighted by molar-refractivity contribution is -0.153. The monoisotopic (exact) mass is 598 g/mol. The summed E-state index contributed by atoms with van der Waals surface area (Å²) in [6.45, 7) is 0.0889. The van der Waals surface area contributed by atoms with Crippen LogP contribution in [0.25, 0.3) is 10.4 Å². The molecule has 8 nitrogen and oxygen atoms in total. The summed E-state index contributed by atoms with van der Waals surface area (Å²) in [5, 5.41) is 4.44. The van der Waals surface area contributed by atoms with Gasteiger partial charge in [0.15, 0.2) is 0 Å². The summed E-state index contributed by atoms with van der Waals surface area (Å²) < 4.78 is 10.8. The number of rotatable bonds is 9. The first kappa shape index (κ1) is 29.1. The second-order valence-corrected chi connectivity index (χ2v) is 11.3. The van der Waals surface area contributed by atoms with E-state index in [-0.39, 0.29) is 36.4 Å². The maximum Gasteiger partial charge on any atom is 0.332 e. The molecule has 0 atom stereocenters. The number of fused-ring (bicyclic) bond motifs is 1. The Morgan fingerprint density at radius 2 is 1.62 bits per heavy atom. The lowest BCUT2D eigenvalue weighted by Gasteiger charge is -2.39. The van der Waals surface area contributed by atoms with Crippen LogP contribution in [0.15, 0.2) is 106 Å².